The van der Waals surface area contributed by atoms with Crippen LogP contribution >= 0.6 is 11.6 Å². The molecule has 1 amide bonds. The molecular formula is C24H30ClFN4O2. The number of ether oxygens (including phenoxy) is 1. The highest BCUT2D eigenvalue weighted by Gasteiger charge is 2.27. The summed E-state index contributed by atoms with van der Waals surface area (Å²) in [5, 5.41) is 9.86. The molecule has 2 aromatic rings. The quantitative estimate of drug-likeness (QED) is 0.582. The number of rotatable bonds is 6. The summed E-state index contributed by atoms with van der Waals surface area (Å²) in [5.41, 5.74) is 1.95. The monoisotopic (exact) mass is 460 g/mol. The van der Waals surface area contributed by atoms with Crippen molar-refractivity contribution in [2.45, 2.75) is 32.6 Å². The number of hydrogen-bond donors (Lipinski definition) is 3. The Morgan fingerprint density at radius 2 is 2.16 bits per heavy atom. The average molecular weight is 461 g/mol. The number of nitrogens with zero attached hydrogens (tertiary/aromatic N) is 1. The summed E-state index contributed by atoms with van der Waals surface area (Å²) >= 11 is 6.42. The molecule has 0 unspecified atom stereocenters. The number of anilines is 2. The molecule has 0 radical (unpaired) electrons. The van der Waals surface area contributed by atoms with Gasteiger partial charge < -0.3 is 20.7 Å². The smallest absolute Gasteiger partial charge is 0.229 e. The average Bonchev–Trinajstić information content (AvgIpc) is 2.81. The first kappa shape index (κ1) is 23.0. The number of pyridine rings is 1. The predicted molar refractivity (Wildman–Crippen MR) is 126 cm³/mol. The fraction of sp³-hybridized carbons (Fsp3) is 0.500. The number of nitrogens with one attached hydrogen (secondary N) is 3. The molecular weight excluding hydrogens is 431 g/mol. The number of benzene rings is 1. The number of halogens is 2. The maximum Gasteiger partial charge on any atom is 0.229 e. The van der Waals surface area contributed by atoms with Gasteiger partial charge in [-0.25, -0.2) is 9.37 Å². The molecule has 172 valence electrons. The van der Waals surface area contributed by atoms with Crippen LogP contribution in [0.3, 0.4) is 0 Å². The lowest BCUT2D eigenvalue weighted by Crippen LogP contribution is -2.37. The molecule has 0 aliphatic carbocycles. The van der Waals surface area contributed by atoms with Gasteiger partial charge in [0.1, 0.15) is 11.6 Å². The molecule has 3 heterocycles. The van der Waals surface area contributed by atoms with Crippen molar-refractivity contribution < 1.29 is 13.9 Å². The van der Waals surface area contributed by atoms with E-state index in [-0.39, 0.29) is 23.1 Å². The van der Waals surface area contributed by atoms with Gasteiger partial charge >= 0.3 is 0 Å². The van der Waals surface area contributed by atoms with Crippen molar-refractivity contribution in [2.24, 2.45) is 11.3 Å². The van der Waals surface area contributed by atoms with Crippen LogP contribution < -0.4 is 16.0 Å². The molecule has 1 aromatic carbocycles. The van der Waals surface area contributed by atoms with Gasteiger partial charge in [0.2, 0.25) is 5.91 Å². The van der Waals surface area contributed by atoms with Crippen molar-refractivity contribution in [3.63, 3.8) is 0 Å². The lowest BCUT2D eigenvalue weighted by molar-refractivity contribution is -0.120. The summed E-state index contributed by atoms with van der Waals surface area (Å²) in [6, 6.07) is 6.63. The zero-order valence-corrected chi connectivity index (χ0v) is 19.1. The summed E-state index contributed by atoms with van der Waals surface area (Å²) < 4.78 is 20.0. The molecule has 0 bridgehead atoms. The summed E-state index contributed by atoms with van der Waals surface area (Å²) in [7, 11) is 0. The van der Waals surface area contributed by atoms with Gasteiger partial charge in [-0.3, -0.25) is 4.79 Å². The topological polar surface area (TPSA) is 75.3 Å². The fourth-order valence-electron chi connectivity index (χ4n) is 4.21. The van der Waals surface area contributed by atoms with E-state index >= 15 is 0 Å². The highest BCUT2D eigenvalue weighted by Crippen LogP contribution is 2.34. The van der Waals surface area contributed by atoms with Crippen LogP contribution in [0.2, 0.25) is 5.02 Å². The van der Waals surface area contributed by atoms with E-state index in [4.69, 9.17) is 16.3 Å². The van der Waals surface area contributed by atoms with Crippen molar-refractivity contribution in [1.29, 1.82) is 0 Å². The minimum absolute atomic E-state index is 0.0517. The lowest BCUT2D eigenvalue weighted by Gasteiger charge is -2.34. The second kappa shape index (κ2) is 10.1. The van der Waals surface area contributed by atoms with Gasteiger partial charge in [-0.1, -0.05) is 24.6 Å². The number of hydrogen-bond acceptors (Lipinski definition) is 5. The Labute approximate surface area is 193 Å². The van der Waals surface area contributed by atoms with E-state index in [1.165, 1.54) is 12.3 Å². The third-order valence-corrected chi connectivity index (χ3v) is 6.76. The summed E-state index contributed by atoms with van der Waals surface area (Å²) in [5.74, 6) is 0.00318. The van der Waals surface area contributed by atoms with E-state index in [2.05, 4.69) is 27.9 Å². The molecule has 8 heteroatoms. The normalized spacial score (nSPS) is 20.5. The molecule has 2 aliphatic heterocycles. The number of aromatic nitrogens is 1. The van der Waals surface area contributed by atoms with Crippen LogP contribution in [0.5, 0.6) is 0 Å². The Hall–Kier alpha value is -2.22. The highest BCUT2D eigenvalue weighted by molar-refractivity contribution is 6.33. The van der Waals surface area contributed by atoms with E-state index in [0.717, 1.165) is 51.0 Å². The Morgan fingerprint density at radius 3 is 2.91 bits per heavy atom. The van der Waals surface area contributed by atoms with E-state index in [9.17, 15) is 9.18 Å². The minimum atomic E-state index is -0.312. The van der Waals surface area contributed by atoms with E-state index < -0.39 is 0 Å². The van der Waals surface area contributed by atoms with Crippen molar-refractivity contribution in [1.82, 2.24) is 10.3 Å². The molecule has 2 saturated heterocycles. The largest absolute Gasteiger partial charge is 0.382 e. The Balaban J connectivity index is 1.50. The second-order valence-corrected chi connectivity index (χ2v) is 9.46. The van der Waals surface area contributed by atoms with Crippen LogP contribution in [0.15, 0.2) is 30.5 Å². The zero-order valence-electron chi connectivity index (χ0n) is 18.3. The van der Waals surface area contributed by atoms with Gasteiger partial charge in [-0.05, 0) is 61.4 Å². The van der Waals surface area contributed by atoms with Crippen LogP contribution in [-0.4, -0.2) is 43.7 Å². The van der Waals surface area contributed by atoms with Gasteiger partial charge in [-0.15, -0.1) is 0 Å². The summed E-state index contributed by atoms with van der Waals surface area (Å²) in [6.45, 7) is 5.95. The third kappa shape index (κ3) is 5.57. The number of carbonyl (C=O) groups is 1. The molecule has 1 aromatic heterocycles. The van der Waals surface area contributed by atoms with Crippen molar-refractivity contribution in [3.05, 3.63) is 41.3 Å². The maximum absolute atomic E-state index is 14.5. The Kier molecular flexibility index (Phi) is 7.28. The third-order valence-electron chi connectivity index (χ3n) is 6.46. The lowest BCUT2D eigenvalue weighted by atomic mass is 9.82. The molecule has 0 saturated carbocycles. The van der Waals surface area contributed by atoms with Gasteiger partial charge in [0.15, 0.2) is 0 Å². The Morgan fingerprint density at radius 1 is 1.34 bits per heavy atom. The molecule has 2 aliphatic rings. The first-order valence-corrected chi connectivity index (χ1v) is 11.6. The number of carbonyl (C=O) groups excluding carboxylic acids is 1. The minimum Gasteiger partial charge on any atom is -0.382 e. The van der Waals surface area contributed by atoms with Crippen molar-refractivity contribution in [3.8, 4) is 11.1 Å². The molecule has 4 rings (SSSR count). The predicted octanol–water partition coefficient (Wildman–Crippen LogP) is 4.71. The van der Waals surface area contributed by atoms with Gasteiger partial charge in [-0.2, -0.15) is 0 Å². The molecule has 6 nitrogen and oxygen atoms in total. The van der Waals surface area contributed by atoms with E-state index in [0.29, 0.717) is 35.2 Å². The molecule has 32 heavy (non-hydrogen) atoms. The molecule has 1 atom stereocenters. The van der Waals surface area contributed by atoms with Gasteiger partial charge in [0.25, 0.3) is 0 Å². The van der Waals surface area contributed by atoms with Gasteiger partial charge in [0.05, 0.1) is 16.6 Å². The number of piperidine rings is 1. The van der Waals surface area contributed by atoms with E-state index in [1.54, 1.807) is 18.2 Å². The van der Waals surface area contributed by atoms with Crippen LogP contribution in [0.25, 0.3) is 11.1 Å². The first-order chi connectivity index (χ1) is 15.4. The van der Waals surface area contributed by atoms with Crippen LogP contribution in [0.4, 0.5) is 15.9 Å². The first-order valence-electron chi connectivity index (χ1n) is 11.2. The fourth-order valence-corrected chi connectivity index (χ4v) is 4.42. The van der Waals surface area contributed by atoms with Crippen LogP contribution in [-0.2, 0) is 9.53 Å². The standard InChI is InChI=1S/C24H30ClFN4O2/c1-24(6-9-32-10-7-24)15-29-21-11-16(4-5-20(21)26)18-12-22(28-14-19(18)25)30-23(31)17-3-2-8-27-13-17/h4-5,11-12,14,17,27,29H,2-3,6-10,13,15H2,1H3,(H,28,30,31)/t17-/m1/s1. The van der Waals surface area contributed by atoms with Crippen LogP contribution in [0.1, 0.15) is 32.6 Å². The summed E-state index contributed by atoms with van der Waals surface area (Å²) in [4.78, 5) is 16.8. The number of amides is 1. The molecule has 2 fully saturated rings. The molecule has 3 N–H and O–H groups in total. The van der Waals surface area contributed by atoms with Crippen molar-refractivity contribution >= 4 is 29.0 Å². The van der Waals surface area contributed by atoms with E-state index in [1.807, 2.05) is 0 Å². The van der Waals surface area contributed by atoms with Crippen molar-refractivity contribution in [2.75, 3.05) is 43.5 Å². The van der Waals surface area contributed by atoms with Gasteiger partial charge in [0, 0.05) is 38.1 Å². The Bertz CT molecular complexity index is 959. The second-order valence-electron chi connectivity index (χ2n) is 9.05. The maximum atomic E-state index is 14.5. The SMILES string of the molecule is CC1(CNc2cc(-c3cc(NC(=O)[C@@H]4CCCNC4)ncc3Cl)ccc2F)CCOCC1. The summed E-state index contributed by atoms with van der Waals surface area (Å²) in [6.07, 6.45) is 5.24. The zero-order chi connectivity index (χ0) is 22.6. The highest BCUT2D eigenvalue weighted by atomic mass is 35.5. The van der Waals surface area contributed by atoms with Crippen LogP contribution in [0, 0.1) is 17.2 Å². The molecule has 0 spiro atoms.